The van der Waals surface area contributed by atoms with Crippen LogP contribution in [0.25, 0.3) is 11.3 Å². The lowest BCUT2D eigenvalue weighted by Gasteiger charge is -2.19. The van der Waals surface area contributed by atoms with Gasteiger partial charge in [-0.1, -0.05) is 24.3 Å². The molecule has 0 bridgehead atoms. The van der Waals surface area contributed by atoms with Crippen LogP contribution in [0.15, 0.2) is 54.0 Å². The second kappa shape index (κ2) is 9.92. The maximum absolute atomic E-state index is 4.83. The number of aryl methyl sites for hydroxylation is 2. The van der Waals surface area contributed by atoms with Crippen LogP contribution in [0.1, 0.15) is 29.1 Å². The zero-order valence-electron chi connectivity index (χ0n) is 16.3. The normalized spacial score (nSPS) is 15.4. The van der Waals surface area contributed by atoms with Gasteiger partial charge >= 0.3 is 0 Å². The number of hydrogen-bond donors (Lipinski definition) is 1. The Morgan fingerprint density at radius 1 is 1.04 bits per heavy atom. The molecule has 1 aliphatic heterocycles. The highest BCUT2D eigenvalue weighted by Crippen LogP contribution is 2.20. The molecule has 28 heavy (non-hydrogen) atoms. The Kier molecular flexibility index (Phi) is 6.82. The SMILES string of the molecule is c1cc(CN2CCCNCC2)cc(-c2ccnc(CCCc3cccs3)n2)c1. The van der Waals surface area contributed by atoms with Crippen LogP contribution in [0.2, 0.25) is 0 Å². The van der Waals surface area contributed by atoms with E-state index in [0.717, 1.165) is 57.0 Å². The number of hydrogen-bond acceptors (Lipinski definition) is 5. The lowest BCUT2D eigenvalue weighted by atomic mass is 10.1. The molecule has 1 N–H and O–H groups in total. The lowest BCUT2D eigenvalue weighted by Crippen LogP contribution is -2.27. The van der Waals surface area contributed by atoms with Crippen LogP contribution in [0, 0.1) is 0 Å². The molecule has 1 aliphatic rings. The fraction of sp³-hybridized carbons (Fsp3) is 0.391. The maximum Gasteiger partial charge on any atom is 0.128 e. The van der Waals surface area contributed by atoms with Crippen molar-refractivity contribution in [1.82, 2.24) is 20.2 Å². The van der Waals surface area contributed by atoms with Crippen molar-refractivity contribution in [3.8, 4) is 11.3 Å². The summed E-state index contributed by atoms with van der Waals surface area (Å²) in [5.41, 5.74) is 3.57. The highest BCUT2D eigenvalue weighted by Gasteiger charge is 2.10. The van der Waals surface area contributed by atoms with Gasteiger partial charge in [0.05, 0.1) is 5.69 Å². The Morgan fingerprint density at radius 2 is 2.04 bits per heavy atom. The Labute approximate surface area is 171 Å². The standard InChI is InChI=1S/C23H28N4S/c1-5-19(18-27-14-4-11-24-13-15-27)17-20(6-1)22-10-12-25-23(26-22)9-2-7-21-8-3-16-28-21/h1,3,5-6,8,10,12,16-17,24H,2,4,7,9,11,13-15,18H2. The summed E-state index contributed by atoms with van der Waals surface area (Å²) in [7, 11) is 0. The molecule has 0 radical (unpaired) electrons. The van der Waals surface area contributed by atoms with Gasteiger partial charge in [-0.2, -0.15) is 0 Å². The second-order valence-electron chi connectivity index (χ2n) is 7.37. The third-order valence-corrected chi connectivity index (χ3v) is 6.11. The van der Waals surface area contributed by atoms with E-state index in [-0.39, 0.29) is 0 Å². The number of nitrogens with one attached hydrogen (secondary N) is 1. The molecule has 0 saturated carbocycles. The van der Waals surface area contributed by atoms with Gasteiger partial charge in [-0.15, -0.1) is 11.3 Å². The van der Waals surface area contributed by atoms with E-state index in [4.69, 9.17) is 4.98 Å². The van der Waals surface area contributed by atoms with E-state index < -0.39 is 0 Å². The van der Waals surface area contributed by atoms with Crippen molar-refractivity contribution in [3.63, 3.8) is 0 Å². The topological polar surface area (TPSA) is 41.0 Å². The first-order chi connectivity index (χ1) is 13.9. The van der Waals surface area contributed by atoms with Gasteiger partial charge in [0.2, 0.25) is 0 Å². The summed E-state index contributed by atoms with van der Waals surface area (Å²) < 4.78 is 0. The van der Waals surface area contributed by atoms with E-state index in [1.54, 1.807) is 0 Å². The van der Waals surface area contributed by atoms with Gasteiger partial charge in [0.25, 0.3) is 0 Å². The summed E-state index contributed by atoms with van der Waals surface area (Å²) in [6.07, 6.45) is 6.24. The maximum atomic E-state index is 4.83. The Hall–Kier alpha value is -2.08. The Balaban J connectivity index is 1.40. The largest absolute Gasteiger partial charge is 0.315 e. The quantitative estimate of drug-likeness (QED) is 0.655. The highest BCUT2D eigenvalue weighted by molar-refractivity contribution is 7.09. The van der Waals surface area contributed by atoms with Crippen LogP contribution >= 0.6 is 11.3 Å². The Bertz CT molecular complexity index is 855. The summed E-state index contributed by atoms with van der Waals surface area (Å²) in [6, 6.07) is 15.2. The first kappa shape index (κ1) is 19.2. The predicted molar refractivity (Wildman–Crippen MR) is 117 cm³/mol. The summed E-state index contributed by atoms with van der Waals surface area (Å²) in [6.45, 7) is 5.51. The summed E-state index contributed by atoms with van der Waals surface area (Å²) in [5.74, 6) is 0.943. The van der Waals surface area contributed by atoms with Crippen LogP contribution in [0.5, 0.6) is 0 Å². The molecule has 3 aromatic rings. The highest BCUT2D eigenvalue weighted by atomic mass is 32.1. The van der Waals surface area contributed by atoms with Gasteiger partial charge in [0.1, 0.15) is 5.82 Å². The van der Waals surface area contributed by atoms with Crippen molar-refractivity contribution in [1.29, 1.82) is 0 Å². The fourth-order valence-corrected chi connectivity index (χ4v) is 4.45. The van der Waals surface area contributed by atoms with Crippen molar-refractivity contribution >= 4 is 11.3 Å². The van der Waals surface area contributed by atoms with Crippen LogP contribution in [0.4, 0.5) is 0 Å². The van der Waals surface area contributed by atoms with Gasteiger partial charge in [0.15, 0.2) is 0 Å². The first-order valence-electron chi connectivity index (χ1n) is 10.2. The molecule has 4 nitrogen and oxygen atoms in total. The second-order valence-corrected chi connectivity index (χ2v) is 8.40. The molecule has 0 atom stereocenters. The van der Waals surface area contributed by atoms with E-state index in [1.165, 1.54) is 29.0 Å². The van der Waals surface area contributed by atoms with Gasteiger partial charge < -0.3 is 5.32 Å². The van der Waals surface area contributed by atoms with Crippen molar-refractivity contribution in [3.05, 3.63) is 70.3 Å². The minimum atomic E-state index is 0.923. The van der Waals surface area contributed by atoms with E-state index >= 15 is 0 Å². The van der Waals surface area contributed by atoms with Gasteiger partial charge in [-0.05, 0) is 61.5 Å². The number of rotatable bonds is 7. The van der Waals surface area contributed by atoms with Crippen molar-refractivity contribution in [2.75, 3.05) is 26.2 Å². The van der Waals surface area contributed by atoms with Gasteiger partial charge in [-0.3, -0.25) is 4.90 Å². The smallest absolute Gasteiger partial charge is 0.128 e. The first-order valence-corrected chi connectivity index (χ1v) is 11.1. The molecule has 4 rings (SSSR count). The average Bonchev–Trinajstić information content (AvgIpc) is 3.12. The molecule has 1 saturated heterocycles. The third kappa shape index (κ3) is 5.47. The summed E-state index contributed by atoms with van der Waals surface area (Å²) >= 11 is 1.83. The van der Waals surface area contributed by atoms with Gasteiger partial charge in [-0.25, -0.2) is 9.97 Å². The molecule has 3 heterocycles. The molecular formula is C23H28N4S. The van der Waals surface area contributed by atoms with Crippen LogP contribution < -0.4 is 5.32 Å². The number of nitrogens with zero attached hydrogens (tertiary/aromatic N) is 3. The lowest BCUT2D eigenvalue weighted by molar-refractivity contribution is 0.284. The predicted octanol–water partition coefficient (Wildman–Crippen LogP) is 4.18. The molecule has 5 heteroatoms. The zero-order chi connectivity index (χ0) is 19.0. The molecule has 0 spiro atoms. The summed E-state index contributed by atoms with van der Waals surface area (Å²) in [4.78, 5) is 13.3. The van der Waals surface area contributed by atoms with Crippen LogP contribution in [0.3, 0.4) is 0 Å². The molecule has 0 amide bonds. The molecule has 146 valence electrons. The number of thiophene rings is 1. The number of benzene rings is 1. The number of aromatic nitrogens is 2. The van der Waals surface area contributed by atoms with Gasteiger partial charge in [0, 0.05) is 42.7 Å². The fourth-order valence-electron chi connectivity index (χ4n) is 3.70. The Morgan fingerprint density at radius 3 is 2.96 bits per heavy atom. The van der Waals surface area contributed by atoms with Crippen LogP contribution in [-0.4, -0.2) is 41.0 Å². The van der Waals surface area contributed by atoms with E-state index in [0.29, 0.717) is 0 Å². The molecule has 2 aromatic heterocycles. The van der Waals surface area contributed by atoms with Crippen LogP contribution in [-0.2, 0) is 19.4 Å². The van der Waals surface area contributed by atoms with Crippen molar-refractivity contribution in [2.45, 2.75) is 32.2 Å². The van der Waals surface area contributed by atoms with Crippen molar-refractivity contribution in [2.24, 2.45) is 0 Å². The van der Waals surface area contributed by atoms with E-state index in [1.807, 2.05) is 23.6 Å². The minimum absolute atomic E-state index is 0.923. The summed E-state index contributed by atoms with van der Waals surface area (Å²) in [5, 5.41) is 5.61. The molecule has 1 fully saturated rings. The molecule has 0 unspecified atom stereocenters. The minimum Gasteiger partial charge on any atom is -0.315 e. The van der Waals surface area contributed by atoms with E-state index in [9.17, 15) is 0 Å². The molecular weight excluding hydrogens is 364 g/mol. The average molecular weight is 393 g/mol. The molecule has 0 aliphatic carbocycles. The third-order valence-electron chi connectivity index (χ3n) is 5.17. The van der Waals surface area contributed by atoms with E-state index in [2.05, 4.69) is 57.0 Å². The molecule has 1 aromatic carbocycles. The monoisotopic (exact) mass is 392 g/mol. The zero-order valence-corrected chi connectivity index (χ0v) is 17.1. The van der Waals surface area contributed by atoms with Crippen molar-refractivity contribution < 1.29 is 0 Å².